The predicted molar refractivity (Wildman–Crippen MR) is 106 cm³/mol. The lowest BCUT2D eigenvalue weighted by Gasteiger charge is -2.21. The summed E-state index contributed by atoms with van der Waals surface area (Å²) in [5.74, 6) is 0.339. The van der Waals surface area contributed by atoms with Gasteiger partial charge in [0.25, 0.3) is 5.91 Å². The molecule has 1 aromatic heterocycles. The van der Waals surface area contributed by atoms with E-state index in [1.165, 1.54) is 24.1 Å². The van der Waals surface area contributed by atoms with Crippen molar-refractivity contribution in [1.29, 1.82) is 0 Å². The van der Waals surface area contributed by atoms with E-state index in [0.717, 1.165) is 30.5 Å². The largest absolute Gasteiger partial charge is 0.455 e. The Bertz CT molecular complexity index is 992. The van der Waals surface area contributed by atoms with Crippen LogP contribution in [0.5, 0.6) is 0 Å². The summed E-state index contributed by atoms with van der Waals surface area (Å²) in [7, 11) is 1.60. The number of hydrogen-bond donors (Lipinski definition) is 2. The summed E-state index contributed by atoms with van der Waals surface area (Å²) in [5, 5.41) is 7.00. The van der Waals surface area contributed by atoms with Gasteiger partial charge < -0.3 is 15.1 Å². The van der Waals surface area contributed by atoms with Crippen LogP contribution in [-0.4, -0.2) is 19.5 Å². The molecule has 27 heavy (non-hydrogen) atoms. The van der Waals surface area contributed by atoms with Crippen LogP contribution in [-0.2, 0) is 0 Å². The number of anilines is 1. The molecule has 0 bridgehead atoms. The highest BCUT2D eigenvalue weighted by molar-refractivity contribution is 6.11. The first-order valence-electron chi connectivity index (χ1n) is 9.41. The van der Waals surface area contributed by atoms with Crippen molar-refractivity contribution in [2.45, 2.75) is 32.1 Å². The summed E-state index contributed by atoms with van der Waals surface area (Å²) in [6.07, 6.45) is 3.45. The maximum atomic E-state index is 13.3. The minimum absolute atomic E-state index is 0.209. The average Bonchev–Trinajstić information content (AvgIpc) is 3.03. The smallest absolute Gasteiger partial charge is 0.255 e. The number of halogens is 1. The fourth-order valence-corrected chi connectivity index (χ4v) is 3.83. The summed E-state index contributed by atoms with van der Waals surface area (Å²) in [5.41, 5.74) is 4.11. The fraction of sp³-hybridized carbons (Fsp3) is 0.318. The molecule has 2 aromatic carbocycles. The number of nitrogens with one attached hydrogen (secondary N) is 2. The maximum Gasteiger partial charge on any atom is 0.255 e. The molecule has 1 unspecified atom stereocenters. The van der Waals surface area contributed by atoms with Crippen molar-refractivity contribution >= 4 is 22.6 Å². The van der Waals surface area contributed by atoms with E-state index in [1.54, 1.807) is 19.2 Å². The van der Waals surface area contributed by atoms with Crippen molar-refractivity contribution in [3.8, 4) is 11.3 Å². The SMILES string of the molecule is CNC(=O)c1c(-c2ccc(F)cc2)oc2cc3c(cc12)C(C)CCCCN3. The van der Waals surface area contributed by atoms with Crippen LogP contribution in [0.2, 0.25) is 0 Å². The number of benzene rings is 2. The van der Waals surface area contributed by atoms with Gasteiger partial charge in [-0.15, -0.1) is 0 Å². The van der Waals surface area contributed by atoms with E-state index in [1.807, 2.05) is 6.07 Å². The molecule has 3 aromatic rings. The number of hydrogen-bond acceptors (Lipinski definition) is 3. The molecule has 0 saturated heterocycles. The molecule has 1 amide bonds. The molecule has 4 nitrogen and oxygen atoms in total. The van der Waals surface area contributed by atoms with Crippen molar-refractivity contribution < 1.29 is 13.6 Å². The zero-order valence-electron chi connectivity index (χ0n) is 15.6. The van der Waals surface area contributed by atoms with E-state index in [9.17, 15) is 9.18 Å². The molecule has 1 aliphatic heterocycles. The Hall–Kier alpha value is -2.82. The van der Waals surface area contributed by atoms with E-state index in [2.05, 4.69) is 23.6 Å². The molecular formula is C22H23FN2O2. The Labute approximate surface area is 157 Å². The summed E-state index contributed by atoms with van der Waals surface area (Å²) < 4.78 is 19.4. The van der Waals surface area contributed by atoms with Crippen molar-refractivity contribution in [1.82, 2.24) is 5.32 Å². The van der Waals surface area contributed by atoms with Crippen molar-refractivity contribution in [2.75, 3.05) is 18.9 Å². The molecule has 0 radical (unpaired) electrons. The number of furan rings is 1. The van der Waals surface area contributed by atoms with Gasteiger partial charge in [0.2, 0.25) is 0 Å². The highest BCUT2D eigenvalue weighted by Crippen LogP contribution is 2.39. The van der Waals surface area contributed by atoms with E-state index >= 15 is 0 Å². The van der Waals surface area contributed by atoms with Gasteiger partial charge in [0.15, 0.2) is 0 Å². The summed E-state index contributed by atoms with van der Waals surface area (Å²) in [6, 6.07) is 10.1. The second kappa shape index (κ2) is 7.06. The summed E-state index contributed by atoms with van der Waals surface area (Å²) in [6.45, 7) is 3.15. The summed E-state index contributed by atoms with van der Waals surface area (Å²) >= 11 is 0. The van der Waals surface area contributed by atoms with E-state index in [-0.39, 0.29) is 11.7 Å². The molecule has 0 aliphatic carbocycles. The quantitative estimate of drug-likeness (QED) is 0.647. The molecule has 0 spiro atoms. The third-order valence-corrected chi connectivity index (χ3v) is 5.33. The van der Waals surface area contributed by atoms with Crippen LogP contribution in [0, 0.1) is 5.82 Å². The second-order valence-electron chi connectivity index (χ2n) is 7.15. The minimum Gasteiger partial charge on any atom is -0.455 e. The van der Waals surface area contributed by atoms with Gasteiger partial charge in [0.05, 0.1) is 5.56 Å². The monoisotopic (exact) mass is 366 g/mol. The van der Waals surface area contributed by atoms with Crippen LogP contribution in [0.4, 0.5) is 10.1 Å². The van der Waals surface area contributed by atoms with Gasteiger partial charge in [-0.1, -0.05) is 13.3 Å². The lowest BCUT2D eigenvalue weighted by atomic mass is 9.90. The molecule has 5 heteroatoms. The van der Waals surface area contributed by atoms with Crippen molar-refractivity contribution in [3.63, 3.8) is 0 Å². The lowest BCUT2D eigenvalue weighted by Crippen LogP contribution is -2.18. The third-order valence-electron chi connectivity index (χ3n) is 5.33. The topological polar surface area (TPSA) is 54.3 Å². The standard InChI is InChI=1S/C22H23FN2O2/c1-13-5-3-4-10-25-18-12-19-17(11-16(13)18)20(22(26)24-2)21(27-19)14-6-8-15(23)9-7-14/h6-9,11-13,25H,3-5,10H2,1-2H3,(H,24,26). The van der Waals surface area contributed by atoms with E-state index in [4.69, 9.17) is 4.42 Å². The maximum absolute atomic E-state index is 13.3. The predicted octanol–water partition coefficient (Wildman–Crippen LogP) is 5.30. The Kier molecular flexibility index (Phi) is 4.60. The molecule has 2 heterocycles. The highest BCUT2D eigenvalue weighted by atomic mass is 19.1. The van der Waals surface area contributed by atoms with Crippen LogP contribution in [0.25, 0.3) is 22.3 Å². The van der Waals surface area contributed by atoms with Crippen LogP contribution in [0.15, 0.2) is 40.8 Å². The molecule has 140 valence electrons. The van der Waals surface area contributed by atoms with Gasteiger partial charge in [-0.05, 0) is 54.7 Å². The van der Waals surface area contributed by atoms with Gasteiger partial charge in [-0.25, -0.2) is 4.39 Å². The number of rotatable bonds is 2. The number of carbonyl (C=O) groups is 1. The second-order valence-corrected chi connectivity index (χ2v) is 7.15. The zero-order chi connectivity index (χ0) is 19.0. The van der Waals surface area contributed by atoms with Gasteiger partial charge >= 0.3 is 0 Å². The molecule has 1 aliphatic rings. The van der Waals surface area contributed by atoms with Crippen LogP contribution in [0.1, 0.15) is 48.0 Å². The normalized spacial score (nSPS) is 16.9. The highest BCUT2D eigenvalue weighted by Gasteiger charge is 2.24. The molecular weight excluding hydrogens is 343 g/mol. The average molecular weight is 366 g/mol. The first kappa shape index (κ1) is 17.6. The Balaban J connectivity index is 1.96. The van der Waals surface area contributed by atoms with Gasteiger partial charge in [-0.2, -0.15) is 0 Å². The Morgan fingerprint density at radius 3 is 2.74 bits per heavy atom. The Morgan fingerprint density at radius 2 is 2.00 bits per heavy atom. The van der Waals surface area contributed by atoms with Crippen LogP contribution >= 0.6 is 0 Å². The molecule has 0 saturated carbocycles. The number of amides is 1. The van der Waals surface area contributed by atoms with Gasteiger partial charge in [0, 0.05) is 36.3 Å². The molecule has 2 N–H and O–H groups in total. The molecule has 1 atom stereocenters. The van der Waals surface area contributed by atoms with E-state index < -0.39 is 0 Å². The summed E-state index contributed by atoms with van der Waals surface area (Å²) in [4.78, 5) is 12.7. The van der Waals surface area contributed by atoms with Gasteiger partial charge in [0.1, 0.15) is 17.2 Å². The van der Waals surface area contributed by atoms with E-state index in [0.29, 0.717) is 28.4 Å². The third kappa shape index (κ3) is 3.18. The van der Waals surface area contributed by atoms with Gasteiger partial charge in [-0.3, -0.25) is 4.79 Å². The first-order valence-corrected chi connectivity index (χ1v) is 9.41. The minimum atomic E-state index is -0.322. The van der Waals surface area contributed by atoms with Crippen LogP contribution < -0.4 is 10.6 Å². The fourth-order valence-electron chi connectivity index (χ4n) is 3.83. The van der Waals surface area contributed by atoms with Crippen molar-refractivity contribution in [3.05, 3.63) is 53.3 Å². The Morgan fingerprint density at radius 1 is 1.22 bits per heavy atom. The number of carbonyl (C=O) groups excluding carboxylic acids is 1. The number of fused-ring (bicyclic) bond motifs is 2. The van der Waals surface area contributed by atoms with Crippen LogP contribution in [0.3, 0.4) is 0 Å². The molecule has 4 rings (SSSR count). The zero-order valence-corrected chi connectivity index (χ0v) is 15.6. The van der Waals surface area contributed by atoms with Crippen molar-refractivity contribution in [2.24, 2.45) is 0 Å². The lowest BCUT2D eigenvalue weighted by molar-refractivity contribution is 0.0964. The first-order chi connectivity index (χ1) is 13.1. The molecule has 0 fully saturated rings.